The molecule has 0 spiro atoms. The Kier molecular flexibility index (Phi) is 7.53. The van der Waals surface area contributed by atoms with Gasteiger partial charge in [-0.3, -0.25) is 9.69 Å². The molecule has 0 unspecified atom stereocenters. The zero-order chi connectivity index (χ0) is 26.9. The van der Waals surface area contributed by atoms with Crippen molar-refractivity contribution in [2.24, 2.45) is 0 Å². The summed E-state index contributed by atoms with van der Waals surface area (Å²) in [6.45, 7) is 0.592. The quantitative estimate of drug-likeness (QED) is 0.364. The molecule has 1 saturated heterocycles. The third kappa shape index (κ3) is 5.76. The van der Waals surface area contributed by atoms with E-state index in [0.717, 1.165) is 6.07 Å². The first-order chi connectivity index (χ1) is 17.5. The van der Waals surface area contributed by atoms with Gasteiger partial charge < -0.3 is 4.90 Å². The van der Waals surface area contributed by atoms with Crippen LogP contribution in [0, 0.1) is 23.0 Å². The molecule has 1 aliphatic heterocycles. The molecule has 1 heterocycles. The maximum Gasteiger partial charge on any atom is 0.419 e. The van der Waals surface area contributed by atoms with Crippen LogP contribution in [0.15, 0.2) is 60.7 Å². The van der Waals surface area contributed by atoms with E-state index < -0.39 is 23.4 Å². The van der Waals surface area contributed by atoms with E-state index >= 15 is 0 Å². The Labute approximate surface area is 215 Å². The number of carbonyl (C=O) groups is 1. The number of alkyl halides is 3. The molecule has 3 aromatic carbocycles. The van der Waals surface area contributed by atoms with Crippen LogP contribution in [0.3, 0.4) is 0 Å². The first kappa shape index (κ1) is 26.6. The zero-order valence-electron chi connectivity index (χ0n) is 19.6. The van der Waals surface area contributed by atoms with Gasteiger partial charge in [0.15, 0.2) is 0 Å². The Morgan fingerprint density at radius 3 is 2.35 bits per heavy atom. The minimum Gasteiger partial charge on any atom is -0.336 e. The Balaban J connectivity index is 1.61. The fourth-order valence-electron chi connectivity index (χ4n) is 4.63. The monoisotopic (exact) mass is 533 g/mol. The summed E-state index contributed by atoms with van der Waals surface area (Å²) in [5.41, 5.74) is 0.383. The molecular formula is C27H21ClF5N3O. The van der Waals surface area contributed by atoms with E-state index in [1.807, 2.05) is 11.0 Å². The number of amides is 1. The van der Waals surface area contributed by atoms with Gasteiger partial charge in [-0.1, -0.05) is 23.7 Å². The normalized spacial score (nSPS) is 17.8. The molecule has 0 bridgehead atoms. The molecule has 10 heteroatoms. The number of hydrogen-bond donors (Lipinski definition) is 0. The Bertz CT molecular complexity index is 1350. The highest BCUT2D eigenvalue weighted by Gasteiger charge is 2.39. The van der Waals surface area contributed by atoms with Gasteiger partial charge in [-0.05, 0) is 66.7 Å². The number of halogens is 6. The number of nitriles is 1. The Morgan fingerprint density at radius 1 is 1.05 bits per heavy atom. The van der Waals surface area contributed by atoms with Gasteiger partial charge in [0.2, 0.25) is 0 Å². The first-order valence-electron chi connectivity index (χ1n) is 11.3. The minimum atomic E-state index is -4.80. The maximum absolute atomic E-state index is 14.3. The maximum atomic E-state index is 14.3. The van der Waals surface area contributed by atoms with E-state index in [0.29, 0.717) is 28.3 Å². The van der Waals surface area contributed by atoms with Crippen LogP contribution in [-0.2, 0) is 12.7 Å². The van der Waals surface area contributed by atoms with Crippen LogP contribution in [0.5, 0.6) is 0 Å². The van der Waals surface area contributed by atoms with Crippen molar-refractivity contribution >= 4 is 17.5 Å². The van der Waals surface area contributed by atoms with Gasteiger partial charge in [0.05, 0.1) is 22.2 Å². The fraction of sp³-hybridized carbons (Fsp3) is 0.259. The van der Waals surface area contributed by atoms with Crippen LogP contribution in [0.4, 0.5) is 22.0 Å². The van der Waals surface area contributed by atoms with Crippen molar-refractivity contribution in [3.63, 3.8) is 0 Å². The van der Waals surface area contributed by atoms with E-state index in [1.165, 1.54) is 30.3 Å². The first-order valence-corrected chi connectivity index (χ1v) is 11.7. The van der Waals surface area contributed by atoms with Gasteiger partial charge in [0.25, 0.3) is 5.91 Å². The molecule has 1 aliphatic rings. The Hall–Kier alpha value is -3.48. The Morgan fingerprint density at radius 2 is 1.76 bits per heavy atom. The minimum absolute atomic E-state index is 0.0441. The van der Waals surface area contributed by atoms with Crippen LogP contribution >= 0.6 is 11.6 Å². The van der Waals surface area contributed by atoms with Crippen LogP contribution < -0.4 is 0 Å². The molecule has 3 aromatic rings. The number of carbonyl (C=O) groups excluding carboxylic acids is 1. The molecule has 1 fully saturated rings. The summed E-state index contributed by atoms with van der Waals surface area (Å²) in [5, 5.41) is 8.96. The highest BCUT2D eigenvalue weighted by Crippen LogP contribution is 2.35. The van der Waals surface area contributed by atoms with Gasteiger partial charge in [-0.2, -0.15) is 18.4 Å². The summed E-state index contributed by atoms with van der Waals surface area (Å²) in [5.74, 6) is -2.60. The summed E-state index contributed by atoms with van der Waals surface area (Å²) in [4.78, 5) is 16.6. The fourth-order valence-corrected chi connectivity index (χ4v) is 4.75. The molecular weight excluding hydrogens is 513 g/mol. The second-order valence-corrected chi connectivity index (χ2v) is 9.38. The van der Waals surface area contributed by atoms with Gasteiger partial charge >= 0.3 is 6.18 Å². The van der Waals surface area contributed by atoms with E-state index in [1.54, 1.807) is 30.1 Å². The van der Waals surface area contributed by atoms with E-state index in [9.17, 15) is 26.7 Å². The van der Waals surface area contributed by atoms with Crippen LogP contribution in [0.2, 0.25) is 5.02 Å². The predicted octanol–water partition coefficient (Wildman–Crippen LogP) is 6.25. The lowest BCUT2D eigenvalue weighted by atomic mass is 9.93. The largest absolute Gasteiger partial charge is 0.419 e. The predicted molar refractivity (Wildman–Crippen MR) is 128 cm³/mol. The van der Waals surface area contributed by atoms with Gasteiger partial charge in [0.1, 0.15) is 11.6 Å². The molecule has 1 amide bonds. The van der Waals surface area contributed by atoms with Crippen molar-refractivity contribution in [3.05, 3.63) is 105 Å². The molecule has 4 nitrogen and oxygen atoms in total. The molecule has 37 heavy (non-hydrogen) atoms. The van der Waals surface area contributed by atoms with Crippen molar-refractivity contribution in [3.8, 4) is 6.07 Å². The average molecular weight is 534 g/mol. The van der Waals surface area contributed by atoms with E-state index in [-0.39, 0.29) is 42.5 Å². The van der Waals surface area contributed by atoms with Crippen molar-refractivity contribution in [1.82, 2.24) is 9.80 Å². The average Bonchev–Trinajstić information content (AvgIpc) is 3.30. The summed E-state index contributed by atoms with van der Waals surface area (Å²) >= 11 is 5.85. The van der Waals surface area contributed by atoms with Crippen LogP contribution in [0.1, 0.15) is 38.5 Å². The molecule has 0 radical (unpaired) electrons. The van der Waals surface area contributed by atoms with Gasteiger partial charge in [0, 0.05) is 37.2 Å². The van der Waals surface area contributed by atoms with Gasteiger partial charge in [-0.25, -0.2) is 8.78 Å². The lowest BCUT2D eigenvalue weighted by Crippen LogP contribution is -2.38. The van der Waals surface area contributed by atoms with Gasteiger partial charge in [-0.15, -0.1) is 0 Å². The number of likely N-dealkylation sites (tertiary alicyclic amines) is 1. The highest BCUT2D eigenvalue weighted by molar-refractivity contribution is 6.30. The standard InChI is InChI=1S/C27H21ClF5N3O/c1-35(13-17-4-8-21(23(29)10-17)27(31,32)33)25-15-36(26(37)18-5-2-16(12-34)3-6-18)14-20(25)19-7-9-22(28)24(30)11-19/h2-11,20,25H,13-15H2,1H3/t20-,25-/m1/s1. The lowest BCUT2D eigenvalue weighted by molar-refractivity contribution is -0.140. The lowest BCUT2D eigenvalue weighted by Gasteiger charge is -2.29. The topological polar surface area (TPSA) is 47.3 Å². The molecule has 4 rings (SSSR count). The molecule has 0 N–H and O–H groups in total. The molecule has 0 aliphatic carbocycles. The summed E-state index contributed by atoms with van der Waals surface area (Å²) in [6, 6.07) is 15.0. The third-order valence-corrected chi connectivity index (χ3v) is 6.85. The van der Waals surface area contributed by atoms with Crippen molar-refractivity contribution in [2.75, 3.05) is 20.1 Å². The van der Waals surface area contributed by atoms with Crippen LogP contribution in [-0.4, -0.2) is 41.9 Å². The number of likely N-dealkylation sites (N-methyl/N-ethyl adjacent to an activating group) is 1. The summed E-state index contributed by atoms with van der Waals surface area (Å²) in [7, 11) is 1.72. The molecule has 192 valence electrons. The third-order valence-electron chi connectivity index (χ3n) is 6.55. The molecule has 2 atom stereocenters. The van der Waals surface area contributed by atoms with Crippen molar-refractivity contribution < 1.29 is 26.7 Å². The smallest absolute Gasteiger partial charge is 0.336 e. The van der Waals surface area contributed by atoms with E-state index in [4.69, 9.17) is 16.9 Å². The second-order valence-electron chi connectivity index (χ2n) is 8.97. The second kappa shape index (κ2) is 10.5. The van der Waals surface area contributed by atoms with Crippen molar-refractivity contribution in [2.45, 2.75) is 24.7 Å². The van der Waals surface area contributed by atoms with Crippen LogP contribution in [0.25, 0.3) is 0 Å². The number of hydrogen-bond acceptors (Lipinski definition) is 3. The zero-order valence-corrected chi connectivity index (χ0v) is 20.3. The molecule has 0 aromatic heterocycles. The van der Waals surface area contributed by atoms with Crippen molar-refractivity contribution in [1.29, 1.82) is 5.26 Å². The number of benzene rings is 3. The number of nitrogens with zero attached hydrogens (tertiary/aromatic N) is 3. The molecule has 0 saturated carbocycles. The highest BCUT2D eigenvalue weighted by atomic mass is 35.5. The summed E-state index contributed by atoms with van der Waals surface area (Å²) < 4.78 is 67.3. The SMILES string of the molecule is CN(Cc1ccc(C(F)(F)F)c(F)c1)[C@@H]1CN(C(=O)c2ccc(C#N)cc2)C[C@@H]1c1ccc(Cl)c(F)c1. The van der Waals surface area contributed by atoms with E-state index in [2.05, 4.69) is 0 Å². The summed E-state index contributed by atoms with van der Waals surface area (Å²) in [6.07, 6.45) is -4.80. The number of rotatable bonds is 5.